The topological polar surface area (TPSA) is 44.5 Å². The summed E-state index contributed by atoms with van der Waals surface area (Å²) in [5, 5.41) is 0. The maximum atomic E-state index is 13.6. The maximum absolute atomic E-state index is 13.6. The molecule has 94 valence electrons. The van der Waals surface area contributed by atoms with Crippen LogP contribution in [0.1, 0.15) is 25.3 Å². The number of ether oxygens (including phenoxy) is 2. The number of nitrogens with two attached hydrogens (primary N) is 1. The van der Waals surface area contributed by atoms with Crippen LogP contribution in [0, 0.1) is 5.82 Å². The molecule has 3 nitrogen and oxygen atoms in total. The minimum absolute atomic E-state index is 0.0200. The first-order valence-corrected chi connectivity index (χ1v) is 5.72. The fourth-order valence-corrected chi connectivity index (χ4v) is 2.35. The van der Waals surface area contributed by atoms with Crippen molar-refractivity contribution >= 4 is 0 Å². The summed E-state index contributed by atoms with van der Waals surface area (Å²) in [5.74, 6) is 0.388. The second-order valence-electron chi connectivity index (χ2n) is 4.63. The molecule has 1 unspecified atom stereocenters. The smallest absolute Gasteiger partial charge is 0.168 e. The summed E-state index contributed by atoms with van der Waals surface area (Å²) in [6, 6.07) is 3.10. The average molecular weight is 239 g/mol. The minimum atomic E-state index is -0.409. The highest BCUT2D eigenvalue weighted by atomic mass is 19.1. The van der Waals surface area contributed by atoms with Gasteiger partial charge in [-0.25, -0.2) is 4.39 Å². The van der Waals surface area contributed by atoms with Crippen LogP contribution in [0.25, 0.3) is 0 Å². The number of halogens is 1. The Kier molecular flexibility index (Phi) is 3.00. The number of rotatable bonds is 4. The zero-order valence-electron chi connectivity index (χ0n) is 10.4. The van der Waals surface area contributed by atoms with E-state index in [1.807, 2.05) is 6.92 Å². The van der Waals surface area contributed by atoms with Crippen molar-refractivity contribution in [2.45, 2.75) is 31.2 Å². The fourth-order valence-electron chi connectivity index (χ4n) is 2.35. The van der Waals surface area contributed by atoms with Crippen molar-refractivity contribution in [3.05, 3.63) is 23.5 Å². The van der Waals surface area contributed by atoms with Gasteiger partial charge in [-0.2, -0.15) is 0 Å². The summed E-state index contributed by atoms with van der Waals surface area (Å²) in [5.41, 5.74) is 6.90. The molecule has 0 bridgehead atoms. The van der Waals surface area contributed by atoms with E-state index in [4.69, 9.17) is 15.2 Å². The van der Waals surface area contributed by atoms with E-state index in [1.165, 1.54) is 13.2 Å². The molecule has 0 aromatic heterocycles. The third-order valence-corrected chi connectivity index (χ3v) is 3.67. The van der Waals surface area contributed by atoms with Crippen LogP contribution in [-0.2, 0) is 5.41 Å². The van der Waals surface area contributed by atoms with Gasteiger partial charge in [-0.05, 0) is 25.8 Å². The van der Waals surface area contributed by atoms with E-state index in [0.717, 1.165) is 18.4 Å². The Bertz CT molecular complexity index is 428. The second kappa shape index (κ2) is 4.18. The van der Waals surface area contributed by atoms with Gasteiger partial charge in [0, 0.05) is 23.1 Å². The highest BCUT2D eigenvalue weighted by molar-refractivity contribution is 5.49. The predicted molar refractivity (Wildman–Crippen MR) is 64.1 cm³/mol. The molecule has 1 atom stereocenters. The van der Waals surface area contributed by atoms with Gasteiger partial charge < -0.3 is 15.2 Å². The molecule has 0 heterocycles. The van der Waals surface area contributed by atoms with Gasteiger partial charge in [0.15, 0.2) is 11.6 Å². The molecule has 1 aromatic carbocycles. The second-order valence-corrected chi connectivity index (χ2v) is 4.63. The van der Waals surface area contributed by atoms with Crippen molar-refractivity contribution in [3.8, 4) is 11.5 Å². The molecule has 1 aromatic rings. The molecule has 0 amide bonds. The summed E-state index contributed by atoms with van der Waals surface area (Å²) < 4.78 is 23.9. The van der Waals surface area contributed by atoms with Crippen molar-refractivity contribution in [1.82, 2.24) is 0 Å². The van der Waals surface area contributed by atoms with Gasteiger partial charge in [0.2, 0.25) is 0 Å². The molecule has 4 heteroatoms. The summed E-state index contributed by atoms with van der Waals surface area (Å²) >= 11 is 0. The zero-order chi connectivity index (χ0) is 12.6. The van der Waals surface area contributed by atoms with Crippen LogP contribution in [0.3, 0.4) is 0 Å². The standard InChI is InChI=1S/C13H18FNO2/c1-8(15)13(4-5-13)9-6-12(17-3)10(14)7-11(9)16-2/h6-8H,4-5,15H2,1-3H3. The molecule has 0 aliphatic heterocycles. The van der Waals surface area contributed by atoms with Gasteiger partial charge in [-0.1, -0.05) is 0 Å². The van der Waals surface area contributed by atoms with Crippen LogP contribution < -0.4 is 15.2 Å². The summed E-state index contributed by atoms with van der Waals surface area (Å²) in [6.07, 6.45) is 2.02. The highest BCUT2D eigenvalue weighted by Crippen LogP contribution is 2.54. The molecule has 2 N–H and O–H groups in total. The van der Waals surface area contributed by atoms with Gasteiger partial charge in [0.1, 0.15) is 5.75 Å². The van der Waals surface area contributed by atoms with E-state index in [0.29, 0.717) is 5.75 Å². The van der Waals surface area contributed by atoms with E-state index in [9.17, 15) is 4.39 Å². The van der Waals surface area contributed by atoms with E-state index < -0.39 is 5.82 Å². The molecule has 17 heavy (non-hydrogen) atoms. The van der Waals surface area contributed by atoms with Crippen molar-refractivity contribution in [1.29, 1.82) is 0 Å². The fraction of sp³-hybridized carbons (Fsp3) is 0.538. The largest absolute Gasteiger partial charge is 0.496 e. The number of hydrogen-bond donors (Lipinski definition) is 1. The first-order valence-electron chi connectivity index (χ1n) is 5.72. The Morgan fingerprint density at radius 1 is 1.24 bits per heavy atom. The third kappa shape index (κ3) is 1.86. The van der Waals surface area contributed by atoms with Crippen LogP contribution in [0.15, 0.2) is 12.1 Å². The highest BCUT2D eigenvalue weighted by Gasteiger charge is 2.49. The van der Waals surface area contributed by atoms with E-state index in [2.05, 4.69) is 0 Å². The Morgan fingerprint density at radius 3 is 2.24 bits per heavy atom. The van der Waals surface area contributed by atoms with Crippen LogP contribution >= 0.6 is 0 Å². The molecule has 1 aliphatic rings. The molecule has 1 saturated carbocycles. The Hall–Kier alpha value is -1.29. The SMILES string of the molecule is COc1cc(C2(C(C)N)CC2)c(OC)cc1F. The van der Waals surface area contributed by atoms with Gasteiger partial charge >= 0.3 is 0 Å². The zero-order valence-corrected chi connectivity index (χ0v) is 10.4. The molecule has 1 fully saturated rings. The lowest BCUT2D eigenvalue weighted by atomic mass is 9.88. The predicted octanol–water partition coefficient (Wildman–Crippen LogP) is 2.22. The quantitative estimate of drug-likeness (QED) is 0.876. The third-order valence-electron chi connectivity index (χ3n) is 3.67. The van der Waals surface area contributed by atoms with Crippen molar-refractivity contribution in [2.75, 3.05) is 14.2 Å². The molecular weight excluding hydrogens is 221 g/mol. The lowest BCUT2D eigenvalue weighted by molar-refractivity contribution is 0.368. The average Bonchev–Trinajstić information content (AvgIpc) is 3.09. The number of benzene rings is 1. The summed E-state index contributed by atoms with van der Waals surface area (Å²) in [7, 11) is 3.00. The van der Waals surface area contributed by atoms with Gasteiger partial charge in [-0.15, -0.1) is 0 Å². The molecule has 2 rings (SSSR count). The monoisotopic (exact) mass is 239 g/mol. The Morgan fingerprint density at radius 2 is 1.82 bits per heavy atom. The molecule has 1 aliphatic carbocycles. The van der Waals surface area contributed by atoms with E-state index >= 15 is 0 Å². The summed E-state index contributed by atoms with van der Waals surface area (Å²) in [6.45, 7) is 1.97. The van der Waals surface area contributed by atoms with Crippen LogP contribution in [0.5, 0.6) is 11.5 Å². The lowest BCUT2D eigenvalue weighted by Gasteiger charge is -2.23. The maximum Gasteiger partial charge on any atom is 0.168 e. The van der Waals surface area contributed by atoms with E-state index in [-0.39, 0.29) is 17.2 Å². The normalized spacial score (nSPS) is 18.6. The molecule has 0 spiro atoms. The van der Waals surface area contributed by atoms with Crippen molar-refractivity contribution in [2.24, 2.45) is 5.73 Å². The first kappa shape index (κ1) is 12.2. The first-order chi connectivity index (χ1) is 8.05. The van der Waals surface area contributed by atoms with Gasteiger partial charge in [0.05, 0.1) is 14.2 Å². The Balaban J connectivity index is 2.52. The van der Waals surface area contributed by atoms with Crippen LogP contribution in [-0.4, -0.2) is 20.3 Å². The Labute approximate surface area is 101 Å². The lowest BCUT2D eigenvalue weighted by Crippen LogP contribution is -2.32. The number of methoxy groups -OCH3 is 2. The van der Waals surface area contributed by atoms with Gasteiger partial charge in [0.25, 0.3) is 0 Å². The van der Waals surface area contributed by atoms with Crippen LogP contribution in [0.2, 0.25) is 0 Å². The van der Waals surface area contributed by atoms with E-state index in [1.54, 1.807) is 13.2 Å². The number of hydrogen-bond acceptors (Lipinski definition) is 3. The molecule has 0 saturated heterocycles. The van der Waals surface area contributed by atoms with Crippen molar-refractivity contribution < 1.29 is 13.9 Å². The van der Waals surface area contributed by atoms with Crippen LogP contribution in [0.4, 0.5) is 4.39 Å². The minimum Gasteiger partial charge on any atom is -0.496 e. The summed E-state index contributed by atoms with van der Waals surface area (Å²) in [4.78, 5) is 0. The molecular formula is C13H18FNO2. The van der Waals surface area contributed by atoms with Crippen molar-refractivity contribution in [3.63, 3.8) is 0 Å². The van der Waals surface area contributed by atoms with Gasteiger partial charge in [-0.3, -0.25) is 0 Å². The molecule has 0 radical (unpaired) electrons.